The number of hydrogen-bond donors (Lipinski definition) is 2. The summed E-state index contributed by atoms with van der Waals surface area (Å²) in [5, 5.41) is 1.00. The number of ether oxygens (including phenoxy) is 1. The van der Waals surface area contributed by atoms with E-state index < -0.39 is 17.3 Å². The number of nitrogens with zero attached hydrogens (tertiary/aromatic N) is 3. The summed E-state index contributed by atoms with van der Waals surface area (Å²) in [4.78, 5) is 7.90. The zero-order valence-corrected chi connectivity index (χ0v) is 13.7. The van der Waals surface area contributed by atoms with Crippen molar-refractivity contribution in [1.29, 1.82) is 0 Å². The number of aryl methyl sites for hydroxylation is 1. The second kappa shape index (κ2) is 7.39. The summed E-state index contributed by atoms with van der Waals surface area (Å²) >= 11 is 0. The maximum atomic E-state index is 13.5. The number of rotatable bonds is 6. The predicted octanol–water partition coefficient (Wildman–Crippen LogP) is 2.60. The smallest absolute Gasteiger partial charge is 0.316 e. The van der Waals surface area contributed by atoms with Crippen molar-refractivity contribution in [2.75, 3.05) is 11.6 Å². The average molecular weight is 353 g/mol. The van der Waals surface area contributed by atoms with E-state index in [1.165, 1.54) is 12.3 Å². The zero-order valence-electron chi connectivity index (χ0n) is 13.7. The third-order valence-electron chi connectivity index (χ3n) is 3.15. The summed E-state index contributed by atoms with van der Waals surface area (Å²) in [6.45, 7) is 2.38. The molecule has 1 aromatic carbocycles. The Morgan fingerprint density at radius 2 is 1.96 bits per heavy atom. The van der Waals surface area contributed by atoms with Crippen molar-refractivity contribution in [1.82, 2.24) is 9.97 Å². The van der Waals surface area contributed by atoms with Gasteiger partial charge in [0, 0.05) is 25.5 Å². The first-order chi connectivity index (χ1) is 11.7. The molecule has 2 aromatic rings. The zero-order chi connectivity index (χ0) is 18.6. The molecule has 0 saturated carbocycles. The van der Waals surface area contributed by atoms with Crippen LogP contribution in [0.25, 0.3) is 0 Å². The first kappa shape index (κ1) is 18.5. The molecule has 1 aromatic heterocycles. The van der Waals surface area contributed by atoms with Gasteiger partial charge in [-0.2, -0.15) is 0 Å². The van der Waals surface area contributed by atoms with Crippen LogP contribution in [0.1, 0.15) is 18.1 Å². The molecule has 0 aliphatic heterocycles. The Labute approximate surface area is 142 Å². The van der Waals surface area contributed by atoms with Crippen LogP contribution in [0.4, 0.5) is 18.9 Å². The molecule has 0 spiro atoms. The Balaban J connectivity index is 2.08. The van der Waals surface area contributed by atoms with Gasteiger partial charge in [0.15, 0.2) is 0 Å². The lowest BCUT2D eigenvalue weighted by molar-refractivity contribution is 0.0138. The summed E-state index contributed by atoms with van der Waals surface area (Å²) in [6, 6.07) is 3.28. The molecule has 0 aliphatic rings. The van der Waals surface area contributed by atoms with Crippen molar-refractivity contribution in [3.63, 3.8) is 0 Å². The fourth-order valence-electron chi connectivity index (χ4n) is 1.90. The Morgan fingerprint density at radius 1 is 1.32 bits per heavy atom. The van der Waals surface area contributed by atoms with Gasteiger partial charge in [-0.05, 0) is 30.7 Å². The quantitative estimate of drug-likeness (QED) is 0.613. The van der Waals surface area contributed by atoms with Crippen molar-refractivity contribution < 1.29 is 17.9 Å². The van der Waals surface area contributed by atoms with Gasteiger partial charge in [-0.1, -0.05) is 0 Å². The van der Waals surface area contributed by atoms with Crippen molar-refractivity contribution in [3.05, 3.63) is 59.4 Å². The minimum Gasteiger partial charge on any atom is -0.457 e. The average Bonchev–Trinajstić information content (AvgIpc) is 2.53. The molecule has 0 radical (unpaired) electrons. The SMILES string of the molecule is Cc1cnc(OC/C(N)=C/N(N)c2ccc(F)c(C(C)(F)F)c2)nc1. The normalized spacial score (nSPS) is 12.2. The topological polar surface area (TPSA) is 90.3 Å². The number of hydrazine groups is 1. The molecule has 0 fully saturated rings. The lowest BCUT2D eigenvalue weighted by atomic mass is 10.1. The van der Waals surface area contributed by atoms with Gasteiger partial charge in [-0.25, -0.2) is 29.0 Å². The second-order valence-corrected chi connectivity index (χ2v) is 5.50. The van der Waals surface area contributed by atoms with E-state index in [1.54, 1.807) is 12.4 Å². The van der Waals surface area contributed by atoms with E-state index in [2.05, 4.69) is 9.97 Å². The molecule has 9 heteroatoms. The number of aromatic nitrogens is 2. The minimum absolute atomic E-state index is 0.0608. The van der Waals surface area contributed by atoms with E-state index >= 15 is 0 Å². The van der Waals surface area contributed by atoms with Crippen molar-refractivity contribution >= 4 is 5.69 Å². The van der Waals surface area contributed by atoms with Crippen LogP contribution in [0.3, 0.4) is 0 Å². The van der Waals surface area contributed by atoms with Crippen LogP contribution in [0.15, 0.2) is 42.5 Å². The molecule has 0 aliphatic carbocycles. The molecule has 134 valence electrons. The molecule has 0 unspecified atom stereocenters. The van der Waals surface area contributed by atoms with Crippen molar-refractivity contribution in [3.8, 4) is 6.01 Å². The monoisotopic (exact) mass is 353 g/mol. The van der Waals surface area contributed by atoms with Gasteiger partial charge in [0.05, 0.1) is 16.9 Å². The Bertz CT molecular complexity index is 759. The van der Waals surface area contributed by atoms with Gasteiger partial charge in [0.25, 0.3) is 5.92 Å². The van der Waals surface area contributed by atoms with Crippen LogP contribution in [0.5, 0.6) is 6.01 Å². The molecule has 0 atom stereocenters. The highest BCUT2D eigenvalue weighted by Crippen LogP contribution is 2.31. The van der Waals surface area contributed by atoms with E-state index in [-0.39, 0.29) is 24.0 Å². The second-order valence-electron chi connectivity index (χ2n) is 5.50. The van der Waals surface area contributed by atoms with E-state index in [9.17, 15) is 13.2 Å². The first-order valence-corrected chi connectivity index (χ1v) is 7.26. The largest absolute Gasteiger partial charge is 0.457 e. The number of nitrogens with two attached hydrogens (primary N) is 2. The molecule has 2 rings (SSSR count). The van der Waals surface area contributed by atoms with Crippen LogP contribution in [-0.4, -0.2) is 16.6 Å². The van der Waals surface area contributed by atoms with Crippen LogP contribution >= 0.6 is 0 Å². The summed E-state index contributed by atoms with van der Waals surface area (Å²) in [6.07, 6.45) is 4.45. The van der Waals surface area contributed by atoms with E-state index in [0.717, 1.165) is 22.7 Å². The molecular weight excluding hydrogens is 335 g/mol. The van der Waals surface area contributed by atoms with Gasteiger partial charge in [-0.15, -0.1) is 0 Å². The van der Waals surface area contributed by atoms with Gasteiger partial charge in [-0.3, -0.25) is 5.01 Å². The molecule has 0 saturated heterocycles. The molecule has 25 heavy (non-hydrogen) atoms. The first-order valence-electron chi connectivity index (χ1n) is 7.26. The van der Waals surface area contributed by atoms with Gasteiger partial charge >= 0.3 is 6.01 Å². The fourth-order valence-corrected chi connectivity index (χ4v) is 1.90. The molecule has 0 bridgehead atoms. The van der Waals surface area contributed by atoms with Gasteiger partial charge < -0.3 is 10.5 Å². The number of hydrogen-bond acceptors (Lipinski definition) is 6. The van der Waals surface area contributed by atoms with Crippen LogP contribution in [-0.2, 0) is 5.92 Å². The Hall–Kier alpha value is -2.81. The Kier molecular flexibility index (Phi) is 5.48. The third-order valence-corrected chi connectivity index (χ3v) is 3.15. The predicted molar refractivity (Wildman–Crippen MR) is 87.2 cm³/mol. The number of halogens is 3. The van der Waals surface area contributed by atoms with Crippen LogP contribution in [0.2, 0.25) is 0 Å². The Morgan fingerprint density at radius 3 is 2.56 bits per heavy atom. The van der Waals surface area contributed by atoms with E-state index in [0.29, 0.717) is 6.92 Å². The highest BCUT2D eigenvalue weighted by atomic mass is 19.3. The summed E-state index contributed by atoms with van der Waals surface area (Å²) in [7, 11) is 0. The highest BCUT2D eigenvalue weighted by Gasteiger charge is 2.28. The third kappa shape index (κ3) is 5.08. The summed E-state index contributed by atoms with van der Waals surface area (Å²) in [5.74, 6) is 1.43. The highest BCUT2D eigenvalue weighted by molar-refractivity contribution is 5.51. The fraction of sp³-hybridized carbons (Fsp3) is 0.250. The number of benzene rings is 1. The van der Waals surface area contributed by atoms with Crippen molar-refractivity contribution in [2.24, 2.45) is 11.6 Å². The lowest BCUT2D eigenvalue weighted by Gasteiger charge is -2.18. The van der Waals surface area contributed by atoms with Gasteiger partial charge in [0.2, 0.25) is 0 Å². The lowest BCUT2D eigenvalue weighted by Crippen LogP contribution is -2.27. The summed E-state index contributed by atoms with van der Waals surface area (Å²) in [5.41, 5.74) is 6.25. The van der Waals surface area contributed by atoms with E-state index in [4.69, 9.17) is 16.3 Å². The van der Waals surface area contributed by atoms with Crippen LogP contribution < -0.4 is 21.3 Å². The number of alkyl halides is 2. The van der Waals surface area contributed by atoms with Gasteiger partial charge in [0.1, 0.15) is 12.4 Å². The molecule has 1 heterocycles. The summed E-state index contributed by atoms with van der Waals surface area (Å²) < 4.78 is 45.6. The maximum Gasteiger partial charge on any atom is 0.316 e. The molecule has 6 nitrogen and oxygen atoms in total. The maximum absolute atomic E-state index is 13.5. The number of anilines is 1. The standard InChI is InChI=1S/C16H18F3N5O/c1-10-6-22-15(23-7-10)25-9-11(20)8-24(21)12-3-4-14(17)13(5-12)16(2,18)19/h3-8H,9,20-21H2,1-2H3/b11-8-. The van der Waals surface area contributed by atoms with E-state index in [1.807, 2.05) is 6.92 Å². The van der Waals surface area contributed by atoms with Crippen LogP contribution in [0, 0.1) is 12.7 Å². The molecule has 4 N–H and O–H groups in total. The molecule has 0 amide bonds. The minimum atomic E-state index is -3.33. The van der Waals surface area contributed by atoms with Crippen molar-refractivity contribution in [2.45, 2.75) is 19.8 Å². The molecular formula is C16H18F3N5O.